The summed E-state index contributed by atoms with van der Waals surface area (Å²) >= 11 is 0. The van der Waals surface area contributed by atoms with Crippen molar-refractivity contribution < 1.29 is 14.6 Å². The van der Waals surface area contributed by atoms with E-state index in [9.17, 15) is 9.90 Å². The zero-order chi connectivity index (χ0) is 14.3. The molecule has 0 spiro atoms. The molecule has 19 heavy (non-hydrogen) atoms. The molecule has 1 aromatic rings. The first-order valence-electron chi connectivity index (χ1n) is 6.30. The van der Waals surface area contributed by atoms with Gasteiger partial charge in [-0.3, -0.25) is 4.79 Å². The summed E-state index contributed by atoms with van der Waals surface area (Å²) in [6.45, 7) is 2.90. The Bertz CT molecular complexity index is 406. The molecule has 1 amide bonds. The van der Waals surface area contributed by atoms with Crippen LogP contribution in [-0.4, -0.2) is 36.8 Å². The summed E-state index contributed by atoms with van der Waals surface area (Å²) in [7, 11) is 1.61. The molecule has 0 radical (unpaired) electrons. The first-order valence-corrected chi connectivity index (χ1v) is 6.30. The van der Waals surface area contributed by atoms with E-state index in [4.69, 9.17) is 10.5 Å². The molecule has 0 bridgehead atoms. The molecule has 0 aliphatic rings. The number of methoxy groups -OCH3 is 1. The highest BCUT2D eigenvalue weighted by Crippen LogP contribution is 2.16. The third-order valence-corrected chi connectivity index (χ3v) is 3.22. The van der Waals surface area contributed by atoms with Gasteiger partial charge in [0.25, 0.3) is 0 Å². The van der Waals surface area contributed by atoms with E-state index in [1.807, 2.05) is 12.1 Å². The van der Waals surface area contributed by atoms with Crippen LogP contribution in [0.4, 0.5) is 0 Å². The van der Waals surface area contributed by atoms with Crippen molar-refractivity contribution in [3.63, 3.8) is 0 Å². The van der Waals surface area contributed by atoms with E-state index in [-0.39, 0.29) is 11.7 Å². The van der Waals surface area contributed by atoms with Crippen LogP contribution in [0.25, 0.3) is 0 Å². The normalized spacial score (nSPS) is 14.0. The van der Waals surface area contributed by atoms with E-state index >= 15 is 0 Å². The Morgan fingerprint density at radius 2 is 2.05 bits per heavy atom. The van der Waals surface area contributed by atoms with Gasteiger partial charge in [0.1, 0.15) is 5.75 Å². The van der Waals surface area contributed by atoms with E-state index in [2.05, 4.69) is 5.32 Å². The van der Waals surface area contributed by atoms with Crippen molar-refractivity contribution in [2.24, 2.45) is 5.73 Å². The number of nitrogens with one attached hydrogen (secondary N) is 1. The van der Waals surface area contributed by atoms with Gasteiger partial charge in [-0.1, -0.05) is 12.1 Å². The number of phenols is 1. The summed E-state index contributed by atoms with van der Waals surface area (Å²) in [5, 5.41) is 12.3. The number of benzene rings is 1. The van der Waals surface area contributed by atoms with E-state index in [1.54, 1.807) is 26.2 Å². The Morgan fingerprint density at radius 1 is 1.42 bits per heavy atom. The number of aryl methyl sites for hydroxylation is 1. The summed E-state index contributed by atoms with van der Waals surface area (Å²) < 4.78 is 4.95. The third kappa shape index (κ3) is 4.89. The number of ether oxygens (including phenoxy) is 1. The van der Waals surface area contributed by atoms with Gasteiger partial charge in [0, 0.05) is 13.7 Å². The minimum atomic E-state index is -0.754. The summed E-state index contributed by atoms with van der Waals surface area (Å²) in [5.74, 6) is -0.137. The summed E-state index contributed by atoms with van der Waals surface area (Å²) in [6.07, 6.45) is 1.30. The fraction of sp³-hybridized carbons (Fsp3) is 0.500. The molecule has 1 aromatic carbocycles. The minimum absolute atomic E-state index is 0.236. The second kappa shape index (κ2) is 7.11. The predicted octanol–water partition coefficient (Wildman–Crippen LogP) is 0.805. The van der Waals surface area contributed by atoms with Crippen LogP contribution < -0.4 is 11.1 Å². The molecule has 4 N–H and O–H groups in total. The Labute approximate surface area is 113 Å². The molecule has 0 aromatic heterocycles. The molecule has 1 atom stereocenters. The van der Waals surface area contributed by atoms with Gasteiger partial charge in [-0.25, -0.2) is 0 Å². The summed E-state index contributed by atoms with van der Waals surface area (Å²) in [5.41, 5.74) is 5.76. The second-order valence-corrected chi connectivity index (χ2v) is 4.78. The average Bonchev–Trinajstić information content (AvgIpc) is 2.38. The lowest BCUT2D eigenvalue weighted by Crippen LogP contribution is -2.54. The Kier molecular flexibility index (Phi) is 5.79. The Balaban J connectivity index is 2.58. The van der Waals surface area contributed by atoms with E-state index in [0.29, 0.717) is 26.0 Å². The number of phenolic OH excluding ortho intramolecular Hbond substituents is 1. The van der Waals surface area contributed by atoms with E-state index in [1.165, 1.54) is 0 Å². The van der Waals surface area contributed by atoms with Crippen LogP contribution in [0.2, 0.25) is 0 Å². The molecule has 1 rings (SSSR count). The van der Waals surface area contributed by atoms with Gasteiger partial charge in [0.2, 0.25) is 5.91 Å². The van der Waals surface area contributed by atoms with E-state index < -0.39 is 5.54 Å². The largest absolute Gasteiger partial charge is 0.508 e. The fourth-order valence-electron chi connectivity index (χ4n) is 1.78. The predicted molar refractivity (Wildman–Crippen MR) is 73.9 cm³/mol. The molecule has 0 aliphatic heterocycles. The number of rotatable bonds is 8. The number of hydrogen-bond acceptors (Lipinski definition) is 4. The second-order valence-electron chi connectivity index (χ2n) is 4.78. The minimum Gasteiger partial charge on any atom is -0.508 e. The monoisotopic (exact) mass is 266 g/mol. The smallest absolute Gasteiger partial charge is 0.237 e. The van der Waals surface area contributed by atoms with Gasteiger partial charge in [0.05, 0.1) is 12.1 Å². The molecule has 5 nitrogen and oxygen atoms in total. The Hall–Kier alpha value is -1.59. The number of carbonyl (C=O) groups is 1. The van der Waals surface area contributed by atoms with Crippen LogP contribution in [0.15, 0.2) is 24.3 Å². The molecule has 0 fully saturated rings. The number of primary amides is 1. The molecular formula is C14H22N2O3. The molecule has 106 valence electrons. The number of aromatic hydroxyl groups is 1. The molecule has 0 aliphatic carbocycles. The first kappa shape index (κ1) is 15.5. The van der Waals surface area contributed by atoms with Gasteiger partial charge >= 0.3 is 0 Å². The molecule has 0 saturated carbocycles. The lowest BCUT2D eigenvalue weighted by molar-refractivity contribution is -0.124. The van der Waals surface area contributed by atoms with E-state index in [0.717, 1.165) is 5.56 Å². The van der Waals surface area contributed by atoms with Gasteiger partial charge in [-0.2, -0.15) is 0 Å². The highest BCUT2D eigenvalue weighted by atomic mass is 16.5. The lowest BCUT2D eigenvalue weighted by atomic mass is 9.92. The summed E-state index contributed by atoms with van der Waals surface area (Å²) in [4.78, 5) is 11.6. The molecule has 5 heteroatoms. The van der Waals surface area contributed by atoms with Crippen LogP contribution in [0.5, 0.6) is 5.75 Å². The maximum absolute atomic E-state index is 11.6. The van der Waals surface area contributed by atoms with Gasteiger partial charge in [-0.15, -0.1) is 0 Å². The Morgan fingerprint density at radius 3 is 2.58 bits per heavy atom. The molecular weight excluding hydrogens is 244 g/mol. The van der Waals surface area contributed by atoms with Crippen molar-refractivity contribution in [3.8, 4) is 5.75 Å². The van der Waals surface area contributed by atoms with Crippen LogP contribution in [0.1, 0.15) is 18.9 Å². The van der Waals surface area contributed by atoms with Crippen molar-refractivity contribution in [2.45, 2.75) is 25.3 Å². The van der Waals surface area contributed by atoms with Crippen molar-refractivity contribution in [1.29, 1.82) is 0 Å². The zero-order valence-electron chi connectivity index (χ0n) is 11.5. The maximum Gasteiger partial charge on any atom is 0.237 e. The van der Waals surface area contributed by atoms with Gasteiger partial charge in [0.15, 0.2) is 0 Å². The van der Waals surface area contributed by atoms with Crippen LogP contribution in [0, 0.1) is 0 Å². The number of hydrogen-bond donors (Lipinski definition) is 3. The maximum atomic E-state index is 11.6. The quantitative estimate of drug-likeness (QED) is 0.608. The summed E-state index contributed by atoms with van der Waals surface area (Å²) in [6, 6.07) is 6.95. The van der Waals surface area contributed by atoms with Gasteiger partial charge in [-0.05, 0) is 37.5 Å². The molecule has 0 heterocycles. The van der Waals surface area contributed by atoms with Crippen LogP contribution in [-0.2, 0) is 16.0 Å². The number of nitrogens with two attached hydrogens (primary N) is 1. The fourth-order valence-corrected chi connectivity index (χ4v) is 1.78. The highest BCUT2D eigenvalue weighted by Gasteiger charge is 2.29. The zero-order valence-corrected chi connectivity index (χ0v) is 11.5. The number of amides is 1. The van der Waals surface area contributed by atoms with Crippen molar-refractivity contribution >= 4 is 5.91 Å². The third-order valence-electron chi connectivity index (χ3n) is 3.22. The first-order chi connectivity index (χ1) is 8.98. The van der Waals surface area contributed by atoms with Crippen LogP contribution >= 0.6 is 0 Å². The molecule has 1 unspecified atom stereocenters. The lowest BCUT2D eigenvalue weighted by Gasteiger charge is -2.27. The number of carbonyl (C=O) groups excluding carboxylic acids is 1. The van der Waals surface area contributed by atoms with Crippen LogP contribution in [0.3, 0.4) is 0 Å². The van der Waals surface area contributed by atoms with Crippen molar-refractivity contribution in [1.82, 2.24) is 5.32 Å². The van der Waals surface area contributed by atoms with Crippen molar-refractivity contribution in [2.75, 3.05) is 20.3 Å². The average molecular weight is 266 g/mol. The highest BCUT2D eigenvalue weighted by molar-refractivity contribution is 5.84. The topological polar surface area (TPSA) is 84.6 Å². The van der Waals surface area contributed by atoms with Gasteiger partial charge < -0.3 is 20.9 Å². The molecule has 0 saturated heterocycles. The standard InChI is InChI=1S/C14H22N2O3/c1-14(13(15)18,16-9-10-19-2)8-7-11-3-5-12(17)6-4-11/h3-6,16-17H,7-10H2,1-2H3,(H2,15,18). The van der Waals surface area contributed by atoms with Crippen molar-refractivity contribution in [3.05, 3.63) is 29.8 Å². The SMILES string of the molecule is COCCNC(C)(CCc1ccc(O)cc1)C(N)=O.